The largest absolute Gasteiger partial charge is 2.00 e. The molecule has 0 aromatic carbocycles. The van der Waals surface area contributed by atoms with E-state index in [9.17, 15) is 0 Å². The van der Waals surface area contributed by atoms with Crippen LogP contribution in [0.5, 0.6) is 0 Å². The first-order chi connectivity index (χ1) is 8.24. The number of hydrogen-bond donors (Lipinski definition) is 0. The molecule has 0 unspecified atom stereocenters. The number of halogens is 1. The van der Waals surface area contributed by atoms with Crippen LogP contribution in [0.2, 0.25) is 0 Å². The van der Waals surface area contributed by atoms with E-state index in [1.807, 2.05) is 0 Å². The fourth-order valence-corrected chi connectivity index (χ4v) is 2.64. The van der Waals surface area contributed by atoms with Gasteiger partial charge in [-0.3, -0.25) is 0 Å². The van der Waals surface area contributed by atoms with Gasteiger partial charge in [0, 0.05) is 0 Å². The Kier molecular flexibility index (Phi) is 23.2. The standard InChI is InChI=1S/C16H36N.HI.W/c1-5-9-13-17(14-10-6-2,15-11-7-3)16-12-8-4;;/h5-16H2,1-4H3;1H;/q+1;;+2/p-1. The minimum atomic E-state index is 0. The van der Waals surface area contributed by atoms with Crippen molar-refractivity contribution in [2.75, 3.05) is 26.2 Å². The van der Waals surface area contributed by atoms with Gasteiger partial charge in [-0.2, -0.15) is 0 Å². The van der Waals surface area contributed by atoms with Crippen LogP contribution < -0.4 is 24.0 Å². The van der Waals surface area contributed by atoms with E-state index in [2.05, 4.69) is 27.7 Å². The van der Waals surface area contributed by atoms with Gasteiger partial charge < -0.3 is 28.5 Å². The molecule has 0 atom stereocenters. The van der Waals surface area contributed by atoms with Crippen molar-refractivity contribution in [1.82, 2.24) is 0 Å². The van der Waals surface area contributed by atoms with E-state index >= 15 is 0 Å². The first-order valence-corrected chi connectivity index (χ1v) is 8.09. The summed E-state index contributed by atoms with van der Waals surface area (Å²) in [5.41, 5.74) is 0. The third-order valence-electron chi connectivity index (χ3n) is 3.94. The maximum absolute atomic E-state index is 2.33. The van der Waals surface area contributed by atoms with Crippen molar-refractivity contribution in [3.05, 3.63) is 0 Å². The summed E-state index contributed by atoms with van der Waals surface area (Å²) in [7, 11) is 0. The van der Waals surface area contributed by atoms with Crippen LogP contribution in [0.15, 0.2) is 0 Å². The molecular weight excluding hydrogens is 517 g/mol. The minimum absolute atomic E-state index is 0. The Bertz CT molecular complexity index is 127. The quantitative estimate of drug-likeness (QED) is 0.257. The van der Waals surface area contributed by atoms with Crippen LogP contribution in [-0.4, -0.2) is 30.7 Å². The predicted molar refractivity (Wildman–Crippen MR) is 79.4 cm³/mol. The Hall–Kier alpha value is 1.38. The van der Waals surface area contributed by atoms with Crippen LogP contribution in [0.4, 0.5) is 0 Å². The van der Waals surface area contributed by atoms with Crippen molar-refractivity contribution in [2.24, 2.45) is 0 Å². The van der Waals surface area contributed by atoms with Crippen molar-refractivity contribution < 1.29 is 49.5 Å². The van der Waals surface area contributed by atoms with Gasteiger partial charge in [0.2, 0.25) is 0 Å². The van der Waals surface area contributed by atoms with E-state index in [0.717, 1.165) is 0 Å². The maximum Gasteiger partial charge on any atom is 2.00 e. The molecule has 0 rings (SSSR count). The summed E-state index contributed by atoms with van der Waals surface area (Å²) in [6.07, 6.45) is 11.1. The van der Waals surface area contributed by atoms with Gasteiger partial charge in [0.25, 0.3) is 0 Å². The normalized spacial score (nSPS) is 10.7. The molecule has 0 aliphatic heterocycles. The smallest absolute Gasteiger partial charge is 1.00 e. The van der Waals surface area contributed by atoms with Crippen LogP contribution in [0.1, 0.15) is 79.1 Å². The molecule has 0 heterocycles. The van der Waals surface area contributed by atoms with Gasteiger partial charge in [0.15, 0.2) is 0 Å². The second-order valence-corrected chi connectivity index (χ2v) is 5.65. The Morgan fingerprint density at radius 1 is 0.526 bits per heavy atom. The zero-order valence-corrected chi connectivity index (χ0v) is 18.8. The van der Waals surface area contributed by atoms with Crippen LogP contribution in [-0.2, 0) is 21.1 Å². The minimum Gasteiger partial charge on any atom is -1.00 e. The van der Waals surface area contributed by atoms with Crippen molar-refractivity contribution in [3.63, 3.8) is 0 Å². The first-order valence-electron chi connectivity index (χ1n) is 8.09. The fraction of sp³-hybridized carbons (Fsp3) is 1.00. The van der Waals surface area contributed by atoms with E-state index in [1.54, 1.807) is 0 Å². The summed E-state index contributed by atoms with van der Waals surface area (Å²) >= 11 is 0. The van der Waals surface area contributed by atoms with Gasteiger partial charge in [0.1, 0.15) is 0 Å². The SMILES string of the molecule is CCCC[N+](CCCC)(CCCC)CCCC.[I-].[W+2]. The van der Waals surface area contributed by atoms with Gasteiger partial charge >= 0.3 is 21.1 Å². The second-order valence-electron chi connectivity index (χ2n) is 5.65. The molecule has 0 saturated carbocycles. The predicted octanol–water partition coefficient (Wildman–Crippen LogP) is 2.01. The molecule has 19 heavy (non-hydrogen) atoms. The average Bonchev–Trinajstić information content (AvgIpc) is 2.37. The molecular formula is C16H36INW+2. The van der Waals surface area contributed by atoms with E-state index in [0.29, 0.717) is 0 Å². The Morgan fingerprint density at radius 2 is 0.737 bits per heavy atom. The second kappa shape index (κ2) is 17.4. The third kappa shape index (κ3) is 12.8. The topological polar surface area (TPSA) is 0 Å². The van der Waals surface area contributed by atoms with Crippen molar-refractivity contribution in [2.45, 2.75) is 79.1 Å². The Morgan fingerprint density at radius 3 is 0.895 bits per heavy atom. The van der Waals surface area contributed by atoms with Crippen LogP contribution in [0.25, 0.3) is 0 Å². The molecule has 0 fully saturated rings. The summed E-state index contributed by atoms with van der Waals surface area (Å²) in [5, 5.41) is 0. The van der Waals surface area contributed by atoms with E-state index in [-0.39, 0.29) is 45.0 Å². The summed E-state index contributed by atoms with van der Waals surface area (Å²) in [4.78, 5) is 0. The van der Waals surface area contributed by atoms with Gasteiger partial charge in [-0.1, -0.05) is 53.4 Å². The zero-order valence-electron chi connectivity index (χ0n) is 13.7. The summed E-state index contributed by atoms with van der Waals surface area (Å²) < 4.78 is 1.42. The summed E-state index contributed by atoms with van der Waals surface area (Å²) in [6, 6.07) is 0. The number of hydrogen-bond acceptors (Lipinski definition) is 0. The molecule has 0 saturated heterocycles. The monoisotopic (exact) mass is 553 g/mol. The number of quaternary nitrogens is 1. The molecule has 0 amide bonds. The number of nitrogens with zero attached hydrogens (tertiary/aromatic N) is 1. The van der Waals surface area contributed by atoms with Gasteiger partial charge in [0.05, 0.1) is 26.2 Å². The van der Waals surface area contributed by atoms with Gasteiger partial charge in [-0.15, -0.1) is 0 Å². The zero-order chi connectivity index (χ0) is 13.0. The Labute approximate surface area is 154 Å². The molecule has 0 aromatic rings. The van der Waals surface area contributed by atoms with Gasteiger partial charge in [-0.25, -0.2) is 0 Å². The van der Waals surface area contributed by atoms with Crippen LogP contribution >= 0.6 is 0 Å². The van der Waals surface area contributed by atoms with E-state index in [4.69, 9.17) is 0 Å². The molecule has 1 nitrogen and oxygen atoms in total. The molecule has 0 N–H and O–H groups in total. The molecule has 0 aromatic heterocycles. The Balaban J connectivity index is -0.00000128. The average molecular weight is 553 g/mol. The molecule has 0 aliphatic rings. The first kappa shape index (κ1) is 25.3. The van der Waals surface area contributed by atoms with Crippen molar-refractivity contribution in [1.29, 1.82) is 0 Å². The van der Waals surface area contributed by atoms with Crippen LogP contribution in [0.3, 0.4) is 0 Å². The van der Waals surface area contributed by atoms with Gasteiger partial charge in [-0.05, 0) is 25.7 Å². The summed E-state index contributed by atoms with van der Waals surface area (Å²) in [5.74, 6) is 0. The third-order valence-corrected chi connectivity index (χ3v) is 3.94. The number of rotatable bonds is 12. The molecule has 0 bridgehead atoms. The molecule has 3 heteroatoms. The van der Waals surface area contributed by atoms with Crippen molar-refractivity contribution in [3.8, 4) is 0 Å². The maximum atomic E-state index is 2.33. The van der Waals surface area contributed by atoms with E-state index < -0.39 is 0 Å². The molecule has 0 radical (unpaired) electrons. The molecule has 0 spiro atoms. The number of unbranched alkanes of at least 4 members (excludes halogenated alkanes) is 4. The van der Waals surface area contributed by atoms with Crippen LogP contribution in [0, 0.1) is 0 Å². The summed E-state index contributed by atoms with van der Waals surface area (Å²) in [6.45, 7) is 15.0. The fourth-order valence-electron chi connectivity index (χ4n) is 2.64. The molecule has 0 aliphatic carbocycles. The molecule has 116 valence electrons. The van der Waals surface area contributed by atoms with E-state index in [1.165, 1.54) is 82.0 Å². The van der Waals surface area contributed by atoms with Crippen molar-refractivity contribution >= 4 is 0 Å².